The van der Waals surface area contributed by atoms with Gasteiger partial charge in [0.05, 0.1) is 11.0 Å². The van der Waals surface area contributed by atoms with E-state index in [0.717, 1.165) is 6.20 Å². The Morgan fingerprint density at radius 1 is 1.45 bits per heavy atom. The van der Waals surface area contributed by atoms with Crippen molar-refractivity contribution in [2.75, 3.05) is 0 Å². The Kier molecular flexibility index (Phi) is 3.32. The lowest BCUT2D eigenvalue weighted by Crippen LogP contribution is -1.98. The third kappa shape index (κ3) is 8.70. The molecule has 0 rings (SSSR count). The van der Waals surface area contributed by atoms with Gasteiger partial charge in [0.25, 0.3) is 0 Å². The van der Waals surface area contributed by atoms with Gasteiger partial charge < -0.3 is 0 Å². The molecule has 0 radical (unpaired) electrons. The molecule has 0 aromatic heterocycles. The van der Waals surface area contributed by atoms with Gasteiger partial charge in [0.2, 0.25) is 6.20 Å². The fraction of sp³-hybridized carbons (Fsp3) is 0.500. The van der Waals surface area contributed by atoms with E-state index in [0.29, 0.717) is 0 Å². The third-order valence-corrected chi connectivity index (χ3v) is 0.727. The molecular weight excluding hydrogens is 142 g/mol. The van der Waals surface area contributed by atoms with Crippen molar-refractivity contribution in [3.8, 4) is 11.8 Å². The maximum atomic E-state index is 9.77. The summed E-state index contributed by atoms with van der Waals surface area (Å²) in [7, 11) is 0. The van der Waals surface area contributed by atoms with Crippen LogP contribution in [0.1, 0.15) is 20.8 Å². The molecule has 60 valence electrons. The van der Waals surface area contributed by atoms with E-state index in [1.54, 1.807) is 0 Å². The number of hydrogen-bond donors (Lipinski definition) is 0. The van der Waals surface area contributed by atoms with Crippen molar-refractivity contribution in [3.63, 3.8) is 0 Å². The van der Waals surface area contributed by atoms with Crippen LogP contribution < -0.4 is 0 Å². The first-order valence-corrected chi connectivity index (χ1v) is 3.25. The van der Waals surface area contributed by atoms with Crippen LogP contribution in [-0.4, -0.2) is 4.92 Å². The molecule has 0 N–H and O–H groups in total. The third-order valence-electron chi connectivity index (χ3n) is 0.727. The summed E-state index contributed by atoms with van der Waals surface area (Å²) >= 11 is 0. The summed E-state index contributed by atoms with van der Waals surface area (Å²) in [5.41, 5.74) is -0.0963. The van der Waals surface area contributed by atoms with E-state index in [2.05, 4.69) is 11.8 Å². The average molecular weight is 153 g/mol. The van der Waals surface area contributed by atoms with Gasteiger partial charge in [0, 0.05) is 5.41 Å². The van der Waals surface area contributed by atoms with Crippen LogP contribution in [-0.2, 0) is 0 Å². The Morgan fingerprint density at radius 2 is 2.00 bits per heavy atom. The Labute approximate surface area is 66.3 Å². The molecular formula is C8H11NO2. The van der Waals surface area contributed by atoms with Gasteiger partial charge in [-0.3, -0.25) is 10.1 Å². The van der Waals surface area contributed by atoms with Crippen LogP contribution in [0, 0.1) is 27.4 Å². The van der Waals surface area contributed by atoms with E-state index in [4.69, 9.17) is 0 Å². The van der Waals surface area contributed by atoms with E-state index in [1.165, 1.54) is 6.08 Å². The summed E-state index contributed by atoms with van der Waals surface area (Å²) < 4.78 is 0. The lowest BCUT2D eigenvalue weighted by molar-refractivity contribution is -0.402. The second-order valence-electron chi connectivity index (χ2n) is 3.12. The van der Waals surface area contributed by atoms with Crippen LogP contribution in [0.5, 0.6) is 0 Å². The Bertz CT molecular complexity index is 225. The van der Waals surface area contributed by atoms with E-state index >= 15 is 0 Å². The highest BCUT2D eigenvalue weighted by atomic mass is 16.6. The molecule has 0 aliphatic heterocycles. The maximum absolute atomic E-state index is 9.77. The lowest BCUT2D eigenvalue weighted by atomic mass is 9.98. The zero-order chi connectivity index (χ0) is 8.91. The van der Waals surface area contributed by atoms with Gasteiger partial charge in [-0.05, 0) is 20.8 Å². The lowest BCUT2D eigenvalue weighted by Gasteiger charge is -2.05. The first kappa shape index (κ1) is 9.70. The number of nitro groups is 1. The van der Waals surface area contributed by atoms with Crippen LogP contribution in [0.3, 0.4) is 0 Å². The first-order chi connectivity index (χ1) is 4.92. The predicted octanol–water partition coefficient (Wildman–Crippen LogP) is 1.83. The van der Waals surface area contributed by atoms with E-state index in [9.17, 15) is 10.1 Å². The summed E-state index contributed by atoms with van der Waals surface area (Å²) in [6, 6.07) is 0. The molecule has 0 saturated carbocycles. The second kappa shape index (κ2) is 3.77. The zero-order valence-corrected chi connectivity index (χ0v) is 6.92. The summed E-state index contributed by atoms with van der Waals surface area (Å²) in [4.78, 5) is 9.24. The van der Waals surface area contributed by atoms with Crippen LogP contribution in [0.2, 0.25) is 0 Å². The summed E-state index contributed by atoms with van der Waals surface area (Å²) in [5, 5.41) is 9.77. The van der Waals surface area contributed by atoms with Crippen molar-refractivity contribution < 1.29 is 4.92 Å². The average Bonchev–Trinajstić information content (AvgIpc) is 1.78. The molecule has 0 unspecified atom stereocenters. The molecule has 0 aliphatic rings. The molecule has 0 atom stereocenters. The SMILES string of the molecule is CC(C)(C)C#C/C=C/[N+](=O)[O-]. The number of allylic oxidation sites excluding steroid dienone is 1. The van der Waals surface area contributed by atoms with Crippen LogP contribution in [0.4, 0.5) is 0 Å². The van der Waals surface area contributed by atoms with Crippen molar-refractivity contribution >= 4 is 0 Å². The Balaban J connectivity index is 4.02. The van der Waals surface area contributed by atoms with Gasteiger partial charge in [-0.2, -0.15) is 0 Å². The number of rotatable bonds is 1. The smallest absolute Gasteiger partial charge is 0.242 e. The fourth-order valence-corrected chi connectivity index (χ4v) is 0.356. The van der Waals surface area contributed by atoms with Crippen LogP contribution >= 0.6 is 0 Å². The molecule has 3 nitrogen and oxygen atoms in total. The molecule has 0 spiro atoms. The highest BCUT2D eigenvalue weighted by Gasteiger charge is 2.02. The minimum Gasteiger partial charge on any atom is -0.259 e. The highest BCUT2D eigenvalue weighted by Crippen LogP contribution is 2.09. The topological polar surface area (TPSA) is 43.1 Å². The molecule has 0 amide bonds. The normalized spacial score (nSPS) is 10.8. The zero-order valence-electron chi connectivity index (χ0n) is 6.92. The largest absolute Gasteiger partial charge is 0.259 e. The maximum Gasteiger partial charge on any atom is 0.242 e. The van der Waals surface area contributed by atoms with Gasteiger partial charge >= 0.3 is 0 Å². The molecule has 11 heavy (non-hydrogen) atoms. The fourth-order valence-electron chi connectivity index (χ4n) is 0.356. The minimum atomic E-state index is -0.530. The van der Waals surface area contributed by atoms with Crippen LogP contribution in [0.25, 0.3) is 0 Å². The minimum absolute atomic E-state index is 0.0963. The molecule has 3 heteroatoms. The van der Waals surface area contributed by atoms with Crippen molar-refractivity contribution in [2.24, 2.45) is 5.41 Å². The second-order valence-corrected chi connectivity index (χ2v) is 3.12. The van der Waals surface area contributed by atoms with Gasteiger partial charge in [0.1, 0.15) is 0 Å². The molecule has 0 aliphatic carbocycles. The standard InChI is InChI=1S/C8H11NO2/c1-8(2,3)6-4-5-7-9(10)11/h5,7H,1-3H3/b7-5+. The van der Waals surface area contributed by atoms with Gasteiger partial charge in [0.15, 0.2) is 0 Å². The summed E-state index contributed by atoms with van der Waals surface area (Å²) in [5.74, 6) is 5.42. The number of nitrogens with zero attached hydrogens (tertiary/aromatic N) is 1. The molecule has 0 bridgehead atoms. The van der Waals surface area contributed by atoms with Crippen molar-refractivity contribution in [2.45, 2.75) is 20.8 Å². The molecule has 0 fully saturated rings. The van der Waals surface area contributed by atoms with E-state index in [1.807, 2.05) is 20.8 Å². The molecule has 0 heterocycles. The Morgan fingerprint density at radius 3 is 2.36 bits per heavy atom. The monoisotopic (exact) mass is 153 g/mol. The van der Waals surface area contributed by atoms with Gasteiger partial charge in [-0.15, -0.1) is 0 Å². The van der Waals surface area contributed by atoms with E-state index in [-0.39, 0.29) is 5.41 Å². The van der Waals surface area contributed by atoms with Crippen molar-refractivity contribution in [1.82, 2.24) is 0 Å². The molecule has 0 saturated heterocycles. The van der Waals surface area contributed by atoms with Gasteiger partial charge in [-0.25, -0.2) is 0 Å². The first-order valence-electron chi connectivity index (χ1n) is 3.25. The molecule has 0 aromatic carbocycles. The van der Waals surface area contributed by atoms with Crippen LogP contribution in [0.15, 0.2) is 12.3 Å². The van der Waals surface area contributed by atoms with E-state index < -0.39 is 4.92 Å². The van der Waals surface area contributed by atoms with Crippen molar-refractivity contribution in [1.29, 1.82) is 0 Å². The predicted molar refractivity (Wildman–Crippen MR) is 43.4 cm³/mol. The molecule has 0 aromatic rings. The summed E-state index contributed by atoms with van der Waals surface area (Å²) in [6.45, 7) is 5.83. The van der Waals surface area contributed by atoms with Gasteiger partial charge in [-0.1, -0.05) is 11.8 Å². The quantitative estimate of drug-likeness (QED) is 0.327. The number of hydrogen-bond acceptors (Lipinski definition) is 2. The van der Waals surface area contributed by atoms with Crippen molar-refractivity contribution in [3.05, 3.63) is 22.4 Å². The highest BCUT2D eigenvalue weighted by molar-refractivity contribution is 5.17. The Hall–Kier alpha value is -1.30. The summed E-state index contributed by atoms with van der Waals surface area (Å²) in [6.07, 6.45) is 2.07.